The minimum Gasteiger partial charge on any atom is -0.361 e. The number of aromatic nitrogens is 1. The maximum atomic E-state index is 14.1. The molecule has 0 fully saturated rings. The Kier molecular flexibility index (Phi) is 9.33. The smallest absolute Gasteiger partial charge is 0.272 e. The van der Waals surface area contributed by atoms with Crippen molar-refractivity contribution < 1.29 is 18.8 Å². The van der Waals surface area contributed by atoms with Gasteiger partial charge >= 0.3 is 0 Å². The van der Waals surface area contributed by atoms with Crippen LogP contribution in [-0.4, -0.2) is 28.0 Å². The van der Waals surface area contributed by atoms with E-state index in [0.717, 1.165) is 21.4 Å². The molecule has 5 aromatic rings. The monoisotopic (exact) mass is 592 g/mol. The van der Waals surface area contributed by atoms with Crippen LogP contribution in [0.25, 0.3) is 17.0 Å². The number of para-hydroxylation sites is 2. The topological polar surface area (TPSA) is 103 Å². The van der Waals surface area contributed by atoms with E-state index in [1.807, 2.05) is 43.3 Å². The Morgan fingerprint density at radius 1 is 0.884 bits per heavy atom. The molecule has 1 heterocycles. The zero-order valence-corrected chi connectivity index (χ0v) is 24.1. The molecule has 4 N–H and O–H groups in total. The van der Waals surface area contributed by atoms with Crippen LogP contribution in [0, 0.1) is 5.82 Å². The average molecular weight is 593 g/mol. The van der Waals surface area contributed by atoms with Crippen molar-refractivity contribution in [1.82, 2.24) is 10.3 Å². The third kappa shape index (κ3) is 7.38. The molecule has 0 aliphatic rings. The van der Waals surface area contributed by atoms with Crippen molar-refractivity contribution in [2.75, 3.05) is 10.6 Å². The molecular weight excluding hydrogens is 563 g/mol. The number of amides is 3. The first-order valence-electron chi connectivity index (χ1n) is 13.7. The zero-order valence-electron chi connectivity index (χ0n) is 23.3. The van der Waals surface area contributed by atoms with Crippen LogP contribution in [-0.2, 0) is 9.59 Å². The third-order valence-electron chi connectivity index (χ3n) is 6.62. The number of rotatable bonds is 10. The zero-order chi connectivity index (χ0) is 30.2. The Hall–Kier alpha value is -5.15. The quantitative estimate of drug-likeness (QED) is 0.102. The minimum atomic E-state index is -0.513. The molecule has 4 aromatic carbocycles. The second-order valence-corrected chi connectivity index (χ2v) is 10.9. The van der Waals surface area contributed by atoms with Crippen molar-refractivity contribution in [3.05, 3.63) is 132 Å². The summed E-state index contributed by atoms with van der Waals surface area (Å²) in [5.41, 5.74) is 2.73. The van der Waals surface area contributed by atoms with Gasteiger partial charge in [-0.15, -0.1) is 11.8 Å². The number of carbonyl (C=O) groups is 3. The van der Waals surface area contributed by atoms with E-state index >= 15 is 0 Å². The summed E-state index contributed by atoms with van der Waals surface area (Å²) >= 11 is 1.31. The highest BCUT2D eigenvalue weighted by atomic mass is 32.2. The lowest BCUT2D eigenvalue weighted by molar-refractivity contribution is -0.116. The standard InChI is InChI=1S/C34H29FN4O3S/c1-2-31(34(42)38-29-18-9-7-16-27(29)35)43-25-14-10-13-24(20-25)37-33(41)30(39-32(40)22-11-4-3-5-12-22)19-23-21-36-28-17-8-6-15-26(23)28/h3-21,31,36H,2H2,1H3,(H,37,41)(H,38,42)(H,39,40)/b30-19-. The number of halogens is 1. The number of anilines is 2. The molecule has 0 bridgehead atoms. The van der Waals surface area contributed by atoms with Crippen molar-refractivity contribution >= 4 is 57.8 Å². The second-order valence-electron chi connectivity index (χ2n) is 9.63. The Labute approximate surface area is 252 Å². The molecule has 1 unspecified atom stereocenters. The van der Waals surface area contributed by atoms with Crippen LogP contribution in [0.3, 0.4) is 0 Å². The van der Waals surface area contributed by atoms with Gasteiger partial charge in [0.05, 0.1) is 10.9 Å². The van der Waals surface area contributed by atoms with Crippen LogP contribution in [0.15, 0.2) is 120 Å². The summed E-state index contributed by atoms with van der Waals surface area (Å²) in [5.74, 6) is -1.75. The molecule has 1 aromatic heterocycles. The molecule has 0 radical (unpaired) electrons. The molecule has 9 heteroatoms. The van der Waals surface area contributed by atoms with Crippen LogP contribution in [0.5, 0.6) is 0 Å². The van der Waals surface area contributed by atoms with E-state index in [-0.39, 0.29) is 17.3 Å². The predicted octanol–water partition coefficient (Wildman–Crippen LogP) is 7.23. The fourth-order valence-electron chi connectivity index (χ4n) is 4.42. The number of nitrogens with one attached hydrogen (secondary N) is 4. The Morgan fingerprint density at radius 3 is 2.42 bits per heavy atom. The number of fused-ring (bicyclic) bond motifs is 1. The summed E-state index contributed by atoms with van der Waals surface area (Å²) in [7, 11) is 0. The second kappa shape index (κ2) is 13.7. The number of benzene rings is 4. The summed E-state index contributed by atoms with van der Waals surface area (Å²) in [6, 6.07) is 29.4. The molecule has 0 saturated heterocycles. The van der Waals surface area contributed by atoms with E-state index < -0.39 is 22.9 Å². The molecule has 5 rings (SSSR count). The number of hydrogen-bond donors (Lipinski definition) is 4. The lowest BCUT2D eigenvalue weighted by Gasteiger charge is -2.16. The highest BCUT2D eigenvalue weighted by Crippen LogP contribution is 2.29. The van der Waals surface area contributed by atoms with Gasteiger partial charge in [-0.05, 0) is 61.0 Å². The maximum absolute atomic E-state index is 14.1. The van der Waals surface area contributed by atoms with Gasteiger partial charge in [-0.1, -0.05) is 61.5 Å². The molecule has 0 saturated carbocycles. The normalized spacial score (nSPS) is 12.0. The molecule has 43 heavy (non-hydrogen) atoms. The first-order chi connectivity index (χ1) is 20.9. The van der Waals surface area contributed by atoms with E-state index in [9.17, 15) is 18.8 Å². The van der Waals surface area contributed by atoms with Crippen molar-refractivity contribution in [2.24, 2.45) is 0 Å². The molecule has 0 spiro atoms. The Morgan fingerprint density at radius 2 is 1.63 bits per heavy atom. The summed E-state index contributed by atoms with van der Waals surface area (Å²) in [6.45, 7) is 1.88. The van der Waals surface area contributed by atoms with Gasteiger partial charge < -0.3 is 20.9 Å². The minimum absolute atomic E-state index is 0.0624. The lowest BCUT2D eigenvalue weighted by atomic mass is 10.1. The molecule has 1 atom stereocenters. The average Bonchev–Trinajstić information content (AvgIpc) is 3.44. The largest absolute Gasteiger partial charge is 0.361 e. The lowest BCUT2D eigenvalue weighted by Crippen LogP contribution is -2.30. The maximum Gasteiger partial charge on any atom is 0.272 e. The molecular formula is C34H29FN4O3S. The molecule has 3 amide bonds. The highest BCUT2D eigenvalue weighted by Gasteiger charge is 2.20. The summed E-state index contributed by atoms with van der Waals surface area (Å²) in [6.07, 6.45) is 3.92. The predicted molar refractivity (Wildman–Crippen MR) is 170 cm³/mol. The van der Waals surface area contributed by atoms with Gasteiger partial charge in [-0.2, -0.15) is 0 Å². The van der Waals surface area contributed by atoms with Gasteiger partial charge in [0.1, 0.15) is 11.5 Å². The number of H-pyrrole nitrogens is 1. The van der Waals surface area contributed by atoms with E-state index in [1.54, 1.807) is 66.9 Å². The SMILES string of the molecule is CCC(Sc1cccc(NC(=O)/C(=C/c2c[nH]c3ccccc23)NC(=O)c2ccccc2)c1)C(=O)Nc1ccccc1F. The summed E-state index contributed by atoms with van der Waals surface area (Å²) in [5, 5.41) is 8.70. The first kappa shape index (κ1) is 29.3. The van der Waals surface area contributed by atoms with Gasteiger partial charge in [0.15, 0.2) is 0 Å². The van der Waals surface area contributed by atoms with Crippen LogP contribution in [0.4, 0.5) is 15.8 Å². The molecule has 0 aliphatic carbocycles. The van der Waals surface area contributed by atoms with Gasteiger partial charge in [-0.3, -0.25) is 14.4 Å². The van der Waals surface area contributed by atoms with E-state index in [1.165, 1.54) is 23.9 Å². The summed E-state index contributed by atoms with van der Waals surface area (Å²) < 4.78 is 14.1. The van der Waals surface area contributed by atoms with Crippen LogP contribution >= 0.6 is 11.8 Å². The van der Waals surface area contributed by atoms with Gasteiger partial charge in [0.25, 0.3) is 11.8 Å². The van der Waals surface area contributed by atoms with E-state index in [0.29, 0.717) is 17.7 Å². The van der Waals surface area contributed by atoms with Gasteiger partial charge in [-0.25, -0.2) is 4.39 Å². The van der Waals surface area contributed by atoms with Crippen LogP contribution < -0.4 is 16.0 Å². The van der Waals surface area contributed by atoms with Gasteiger partial charge in [0.2, 0.25) is 5.91 Å². The molecule has 216 valence electrons. The van der Waals surface area contributed by atoms with Crippen molar-refractivity contribution in [3.63, 3.8) is 0 Å². The van der Waals surface area contributed by atoms with Gasteiger partial charge in [0, 0.05) is 38.8 Å². The first-order valence-corrected chi connectivity index (χ1v) is 14.6. The van der Waals surface area contributed by atoms with E-state index in [4.69, 9.17) is 0 Å². The third-order valence-corrected chi connectivity index (χ3v) is 7.97. The number of carbonyl (C=O) groups excluding carboxylic acids is 3. The van der Waals surface area contributed by atoms with E-state index in [2.05, 4.69) is 20.9 Å². The summed E-state index contributed by atoms with van der Waals surface area (Å²) in [4.78, 5) is 43.4. The fourth-order valence-corrected chi connectivity index (χ4v) is 5.43. The van der Waals surface area contributed by atoms with Crippen molar-refractivity contribution in [1.29, 1.82) is 0 Å². The Balaban J connectivity index is 1.35. The van der Waals surface area contributed by atoms with Crippen molar-refractivity contribution in [2.45, 2.75) is 23.5 Å². The van der Waals surface area contributed by atoms with Crippen molar-refractivity contribution in [3.8, 4) is 0 Å². The molecule has 7 nitrogen and oxygen atoms in total. The van der Waals surface area contributed by atoms with Crippen LogP contribution in [0.2, 0.25) is 0 Å². The number of hydrogen-bond acceptors (Lipinski definition) is 4. The molecule has 0 aliphatic heterocycles. The van der Waals surface area contributed by atoms with Crippen LogP contribution in [0.1, 0.15) is 29.3 Å². The number of aromatic amines is 1. The Bertz CT molecular complexity index is 1800. The fraction of sp³-hybridized carbons (Fsp3) is 0.0882. The highest BCUT2D eigenvalue weighted by molar-refractivity contribution is 8.00. The number of thioether (sulfide) groups is 1.